The van der Waals surface area contributed by atoms with Crippen LogP contribution in [0.2, 0.25) is 0 Å². The average molecular weight is 360 g/mol. The number of phenolic OH excluding ortho intramolecular Hbond substituents is 2. The third-order valence-corrected chi connectivity index (χ3v) is 4.13. The molecule has 0 amide bonds. The van der Waals surface area contributed by atoms with Gasteiger partial charge in [-0.05, 0) is 52.9 Å². The first kappa shape index (κ1) is 18.3. The number of esters is 1. The molecule has 136 valence electrons. The van der Waals surface area contributed by atoms with Crippen LogP contribution in [0.15, 0.2) is 72.8 Å². The Morgan fingerprint density at radius 2 is 1.37 bits per heavy atom. The number of fused-ring (bicyclic) bond motifs is 2. The van der Waals surface area contributed by atoms with Gasteiger partial charge in [-0.15, -0.1) is 0 Å². The molecule has 0 atom stereocenters. The van der Waals surface area contributed by atoms with Crippen molar-refractivity contribution in [3.05, 3.63) is 78.4 Å². The van der Waals surface area contributed by atoms with Crippen LogP contribution >= 0.6 is 0 Å². The Labute approximate surface area is 157 Å². The van der Waals surface area contributed by atoms with Crippen LogP contribution in [-0.2, 0) is 4.79 Å². The number of carbonyl (C=O) groups excluding carboxylic acids is 1. The van der Waals surface area contributed by atoms with Gasteiger partial charge in [-0.25, -0.2) is 0 Å². The van der Waals surface area contributed by atoms with E-state index in [2.05, 4.69) is 0 Å². The standard InChI is InChI=1S/C13H12O2.C10H8O2/c1-9-7-8-11-5-3-4-6-12(11)13(9)15-10(2)14;11-9-3-1-7-2-4-10(12)6-8(7)5-9/h3-8H,1-2H3;1-6,11-12H. The average Bonchev–Trinajstić information content (AvgIpc) is 2.64. The first-order valence-corrected chi connectivity index (χ1v) is 8.52. The predicted molar refractivity (Wildman–Crippen MR) is 107 cm³/mol. The van der Waals surface area contributed by atoms with Gasteiger partial charge in [-0.2, -0.15) is 0 Å². The smallest absolute Gasteiger partial charge is 0.308 e. The van der Waals surface area contributed by atoms with Crippen LogP contribution in [0, 0.1) is 6.92 Å². The van der Waals surface area contributed by atoms with Crippen molar-refractivity contribution in [3.63, 3.8) is 0 Å². The van der Waals surface area contributed by atoms with E-state index >= 15 is 0 Å². The highest BCUT2D eigenvalue weighted by Crippen LogP contribution is 2.29. The van der Waals surface area contributed by atoms with Crippen molar-refractivity contribution in [3.8, 4) is 17.2 Å². The molecule has 0 saturated carbocycles. The zero-order chi connectivity index (χ0) is 19.4. The van der Waals surface area contributed by atoms with E-state index in [4.69, 9.17) is 14.9 Å². The van der Waals surface area contributed by atoms with Gasteiger partial charge in [0.1, 0.15) is 17.2 Å². The van der Waals surface area contributed by atoms with Gasteiger partial charge in [0.2, 0.25) is 0 Å². The number of aromatic hydroxyl groups is 2. The summed E-state index contributed by atoms with van der Waals surface area (Å²) in [6, 6.07) is 22.0. The van der Waals surface area contributed by atoms with Crippen molar-refractivity contribution in [2.24, 2.45) is 0 Å². The number of benzene rings is 4. The van der Waals surface area contributed by atoms with Crippen molar-refractivity contribution in [2.45, 2.75) is 13.8 Å². The first-order chi connectivity index (χ1) is 12.9. The molecule has 0 heterocycles. The monoisotopic (exact) mass is 360 g/mol. The molecular formula is C23H20O4. The summed E-state index contributed by atoms with van der Waals surface area (Å²) >= 11 is 0. The van der Waals surface area contributed by atoms with E-state index in [-0.39, 0.29) is 17.5 Å². The number of hydrogen-bond acceptors (Lipinski definition) is 4. The minimum absolute atomic E-state index is 0.216. The van der Waals surface area contributed by atoms with E-state index in [1.54, 1.807) is 24.3 Å². The van der Waals surface area contributed by atoms with E-state index in [1.165, 1.54) is 6.92 Å². The lowest BCUT2D eigenvalue weighted by Gasteiger charge is -2.08. The maximum Gasteiger partial charge on any atom is 0.308 e. The summed E-state index contributed by atoms with van der Waals surface area (Å²) in [6.07, 6.45) is 0. The molecule has 0 aromatic heterocycles. The molecule has 4 rings (SSSR count). The summed E-state index contributed by atoms with van der Waals surface area (Å²) in [5, 5.41) is 22.2. The van der Waals surface area contributed by atoms with Crippen molar-refractivity contribution < 1.29 is 19.7 Å². The summed E-state index contributed by atoms with van der Waals surface area (Å²) in [4.78, 5) is 11.0. The van der Waals surface area contributed by atoms with Crippen molar-refractivity contribution >= 4 is 27.5 Å². The summed E-state index contributed by atoms with van der Waals surface area (Å²) in [7, 11) is 0. The minimum atomic E-state index is -0.283. The summed E-state index contributed by atoms with van der Waals surface area (Å²) in [5.41, 5.74) is 0.976. The second-order valence-corrected chi connectivity index (χ2v) is 6.24. The number of hydrogen-bond donors (Lipinski definition) is 2. The van der Waals surface area contributed by atoms with Crippen LogP contribution in [0.4, 0.5) is 0 Å². The van der Waals surface area contributed by atoms with E-state index < -0.39 is 0 Å². The lowest BCUT2D eigenvalue weighted by atomic mass is 10.1. The zero-order valence-corrected chi connectivity index (χ0v) is 15.1. The molecule has 4 aromatic carbocycles. The lowest BCUT2D eigenvalue weighted by Crippen LogP contribution is -2.03. The van der Waals surface area contributed by atoms with Gasteiger partial charge in [-0.3, -0.25) is 4.79 Å². The number of rotatable bonds is 1. The van der Waals surface area contributed by atoms with Gasteiger partial charge in [-0.1, -0.05) is 48.5 Å². The van der Waals surface area contributed by atoms with Gasteiger partial charge in [0, 0.05) is 12.3 Å². The van der Waals surface area contributed by atoms with Crippen LogP contribution < -0.4 is 4.74 Å². The molecule has 27 heavy (non-hydrogen) atoms. The highest BCUT2D eigenvalue weighted by Gasteiger charge is 2.07. The Hall–Kier alpha value is -3.53. The lowest BCUT2D eigenvalue weighted by molar-refractivity contribution is -0.131. The number of aryl methyl sites for hydroxylation is 1. The van der Waals surface area contributed by atoms with E-state index in [9.17, 15) is 4.79 Å². The topological polar surface area (TPSA) is 66.8 Å². The first-order valence-electron chi connectivity index (χ1n) is 8.52. The Kier molecular flexibility index (Phi) is 5.27. The van der Waals surface area contributed by atoms with Gasteiger partial charge in [0.25, 0.3) is 0 Å². The number of carbonyl (C=O) groups is 1. The highest BCUT2D eigenvalue weighted by atomic mass is 16.5. The Balaban J connectivity index is 0.000000159. The normalized spacial score (nSPS) is 10.3. The molecule has 4 nitrogen and oxygen atoms in total. The second-order valence-electron chi connectivity index (χ2n) is 6.24. The Bertz CT molecular complexity index is 1080. The van der Waals surface area contributed by atoms with Gasteiger partial charge in [0.05, 0.1) is 0 Å². The van der Waals surface area contributed by atoms with E-state index in [1.807, 2.05) is 55.5 Å². The van der Waals surface area contributed by atoms with Crippen LogP contribution in [0.25, 0.3) is 21.5 Å². The fourth-order valence-corrected chi connectivity index (χ4v) is 2.85. The van der Waals surface area contributed by atoms with Crippen molar-refractivity contribution in [2.75, 3.05) is 0 Å². The van der Waals surface area contributed by atoms with E-state index in [0.29, 0.717) is 5.75 Å². The number of ether oxygens (including phenoxy) is 1. The van der Waals surface area contributed by atoms with Crippen molar-refractivity contribution in [1.82, 2.24) is 0 Å². The van der Waals surface area contributed by atoms with Gasteiger partial charge < -0.3 is 14.9 Å². The van der Waals surface area contributed by atoms with Crippen molar-refractivity contribution in [1.29, 1.82) is 0 Å². The van der Waals surface area contributed by atoms with Gasteiger partial charge >= 0.3 is 5.97 Å². The molecule has 0 saturated heterocycles. The maximum atomic E-state index is 11.0. The maximum absolute atomic E-state index is 11.0. The summed E-state index contributed by atoms with van der Waals surface area (Å²) in [5.74, 6) is 0.816. The molecule has 4 heteroatoms. The SMILES string of the molecule is CC(=O)Oc1c(C)ccc2ccccc12.Oc1ccc2ccc(O)cc2c1. The molecule has 0 aliphatic heterocycles. The molecule has 4 aromatic rings. The van der Waals surface area contributed by atoms with Crippen LogP contribution in [0.3, 0.4) is 0 Å². The molecule has 0 aliphatic rings. The molecule has 0 unspecified atom stereocenters. The molecule has 0 spiro atoms. The summed E-state index contributed by atoms with van der Waals surface area (Å²) in [6.45, 7) is 3.35. The van der Waals surface area contributed by atoms with Gasteiger partial charge in [0.15, 0.2) is 0 Å². The Morgan fingerprint density at radius 3 is 2.00 bits per heavy atom. The zero-order valence-electron chi connectivity index (χ0n) is 15.1. The molecule has 0 aliphatic carbocycles. The summed E-state index contributed by atoms with van der Waals surface area (Å²) < 4.78 is 5.22. The fourth-order valence-electron chi connectivity index (χ4n) is 2.85. The number of phenols is 2. The molecular weight excluding hydrogens is 340 g/mol. The molecule has 2 N–H and O–H groups in total. The molecule has 0 radical (unpaired) electrons. The predicted octanol–water partition coefficient (Wildman–Crippen LogP) is 5.32. The van der Waals surface area contributed by atoms with Crippen LogP contribution in [0.5, 0.6) is 17.2 Å². The second kappa shape index (κ2) is 7.79. The minimum Gasteiger partial charge on any atom is -0.508 e. The van der Waals surface area contributed by atoms with E-state index in [0.717, 1.165) is 27.1 Å². The largest absolute Gasteiger partial charge is 0.508 e. The van der Waals surface area contributed by atoms with Crippen LogP contribution in [0.1, 0.15) is 12.5 Å². The Morgan fingerprint density at radius 1 is 0.778 bits per heavy atom. The quantitative estimate of drug-likeness (QED) is 0.356. The van der Waals surface area contributed by atoms with Crippen LogP contribution in [-0.4, -0.2) is 16.2 Å². The third-order valence-electron chi connectivity index (χ3n) is 4.13. The third kappa shape index (κ3) is 4.36. The fraction of sp³-hybridized carbons (Fsp3) is 0.0870. The molecule has 0 bridgehead atoms. The highest BCUT2D eigenvalue weighted by molar-refractivity contribution is 5.91. The molecule has 0 fully saturated rings.